The molecule has 1 N–H and O–H groups in total. The lowest BCUT2D eigenvalue weighted by molar-refractivity contribution is -0.115. The van der Waals surface area contributed by atoms with Crippen LogP contribution in [0.1, 0.15) is 32.0 Å². The number of aryl methyl sites for hydroxylation is 1. The fraction of sp³-hybridized carbons (Fsp3) is 0.500. The molecule has 0 saturated heterocycles. The first-order chi connectivity index (χ1) is 6.81. The largest absolute Gasteiger partial charge is 0.310 e. The summed E-state index contributed by atoms with van der Waals surface area (Å²) in [6, 6.07) is 0. The molecule has 0 atom stereocenters. The van der Waals surface area contributed by atoms with E-state index >= 15 is 0 Å². The van der Waals surface area contributed by atoms with Gasteiger partial charge in [0.05, 0.1) is 6.42 Å². The van der Waals surface area contributed by atoms with Gasteiger partial charge < -0.3 is 5.32 Å². The highest BCUT2D eigenvalue weighted by Crippen LogP contribution is 2.21. The van der Waals surface area contributed by atoms with Gasteiger partial charge in [0.25, 0.3) is 0 Å². The Kier molecular flexibility index (Phi) is 3.56. The highest BCUT2D eigenvalue weighted by atomic mass is 16.1. The topological polar surface area (TPSA) is 54.9 Å². The lowest BCUT2D eigenvalue weighted by atomic mass is 10.1. The number of amides is 1. The Balaban J connectivity index is 0.000000461. The summed E-state index contributed by atoms with van der Waals surface area (Å²) in [6.07, 6.45) is 2.77. The van der Waals surface area contributed by atoms with E-state index in [1.807, 2.05) is 20.8 Å². The summed E-state index contributed by atoms with van der Waals surface area (Å²) in [5.41, 5.74) is 1.93. The lowest BCUT2D eigenvalue weighted by Crippen LogP contribution is -2.04. The van der Waals surface area contributed by atoms with Crippen LogP contribution in [-0.4, -0.2) is 15.9 Å². The molecule has 4 nitrogen and oxygen atoms in total. The second-order valence-corrected chi connectivity index (χ2v) is 2.73. The number of aromatic nitrogens is 2. The van der Waals surface area contributed by atoms with E-state index < -0.39 is 0 Å². The number of hydrogen-bond acceptors (Lipinski definition) is 3. The fourth-order valence-electron chi connectivity index (χ4n) is 1.38. The monoisotopic (exact) mass is 193 g/mol. The van der Waals surface area contributed by atoms with Crippen LogP contribution in [0.15, 0.2) is 6.33 Å². The van der Waals surface area contributed by atoms with E-state index in [0.29, 0.717) is 12.2 Å². The minimum Gasteiger partial charge on any atom is -0.310 e. The van der Waals surface area contributed by atoms with Crippen LogP contribution < -0.4 is 5.32 Å². The standard InChI is InChI=1S/C8H9N3O.C2H6/c1-2-6-5-3-7(12)11-8(5)10-4-9-6;1-2/h4H,2-3H2,1H3,(H,9,10,11,12);1-2H3. The molecular formula is C10H15N3O. The van der Waals surface area contributed by atoms with Crippen molar-refractivity contribution in [3.8, 4) is 0 Å². The summed E-state index contributed by atoms with van der Waals surface area (Å²) in [5, 5.41) is 2.68. The Bertz CT molecular complexity index is 336. The van der Waals surface area contributed by atoms with E-state index in [0.717, 1.165) is 17.7 Å². The van der Waals surface area contributed by atoms with Crippen LogP contribution in [-0.2, 0) is 17.6 Å². The maximum Gasteiger partial charge on any atom is 0.230 e. The molecule has 0 aromatic carbocycles. The van der Waals surface area contributed by atoms with Gasteiger partial charge in [-0.1, -0.05) is 20.8 Å². The second-order valence-electron chi connectivity index (χ2n) is 2.73. The predicted octanol–water partition coefficient (Wildman–Crippen LogP) is 1.56. The molecule has 0 radical (unpaired) electrons. The first-order valence-electron chi connectivity index (χ1n) is 4.94. The van der Waals surface area contributed by atoms with Crippen LogP contribution in [0.25, 0.3) is 0 Å². The third-order valence-electron chi connectivity index (χ3n) is 1.96. The summed E-state index contributed by atoms with van der Waals surface area (Å²) in [6.45, 7) is 6.02. The summed E-state index contributed by atoms with van der Waals surface area (Å²) >= 11 is 0. The van der Waals surface area contributed by atoms with Crippen LogP contribution >= 0.6 is 0 Å². The highest BCUT2D eigenvalue weighted by molar-refractivity contribution is 5.98. The van der Waals surface area contributed by atoms with Crippen molar-refractivity contribution >= 4 is 11.7 Å². The average molecular weight is 193 g/mol. The van der Waals surface area contributed by atoms with E-state index in [4.69, 9.17) is 0 Å². The van der Waals surface area contributed by atoms with Crippen LogP contribution in [0.5, 0.6) is 0 Å². The van der Waals surface area contributed by atoms with Gasteiger partial charge in [-0.2, -0.15) is 0 Å². The maximum absolute atomic E-state index is 11.0. The Morgan fingerprint density at radius 3 is 2.79 bits per heavy atom. The zero-order chi connectivity index (χ0) is 10.6. The third kappa shape index (κ3) is 1.89. The summed E-state index contributed by atoms with van der Waals surface area (Å²) in [5.74, 6) is 0.701. The zero-order valence-electron chi connectivity index (χ0n) is 8.79. The van der Waals surface area contributed by atoms with Crippen LogP contribution in [0.4, 0.5) is 5.82 Å². The number of carbonyl (C=O) groups excluding carboxylic acids is 1. The predicted molar refractivity (Wildman–Crippen MR) is 55.1 cm³/mol. The Morgan fingerprint density at radius 2 is 2.14 bits per heavy atom. The van der Waals surface area contributed by atoms with Gasteiger partial charge >= 0.3 is 0 Å². The van der Waals surface area contributed by atoms with Crippen LogP contribution in [0.3, 0.4) is 0 Å². The molecule has 0 fully saturated rings. The van der Waals surface area contributed by atoms with Gasteiger partial charge in [0.2, 0.25) is 5.91 Å². The van der Waals surface area contributed by atoms with Gasteiger partial charge in [-0.15, -0.1) is 0 Å². The van der Waals surface area contributed by atoms with E-state index in [-0.39, 0.29) is 5.91 Å². The normalized spacial score (nSPS) is 12.6. The van der Waals surface area contributed by atoms with Crippen molar-refractivity contribution < 1.29 is 4.79 Å². The molecule has 1 aromatic rings. The summed E-state index contributed by atoms with van der Waals surface area (Å²) in [4.78, 5) is 19.1. The maximum atomic E-state index is 11.0. The minimum absolute atomic E-state index is 0.0141. The number of anilines is 1. The molecule has 0 bridgehead atoms. The Morgan fingerprint density at radius 1 is 1.43 bits per heavy atom. The average Bonchev–Trinajstić information content (AvgIpc) is 2.60. The molecule has 14 heavy (non-hydrogen) atoms. The highest BCUT2D eigenvalue weighted by Gasteiger charge is 2.21. The second kappa shape index (κ2) is 4.69. The van der Waals surface area contributed by atoms with Gasteiger partial charge in [-0.25, -0.2) is 9.97 Å². The molecule has 0 saturated carbocycles. The Labute approximate surface area is 83.8 Å². The van der Waals surface area contributed by atoms with E-state index in [9.17, 15) is 4.79 Å². The molecule has 76 valence electrons. The van der Waals surface area contributed by atoms with Crippen molar-refractivity contribution in [1.82, 2.24) is 9.97 Å². The quantitative estimate of drug-likeness (QED) is 0.736. The number of nitrogens with one attached hydrogen (secondary N) is 1. The molecule has 0 unspecified atom stereocenters. The van der Waals surface area contributed by atoms with Crippen molar-refractivity contribution in [3.05, 3.63) is 17.6 Å². The molecule has 0 aliphatic carbocycles. The van der Waals surface area contributed by atoms with Gasteiger partial charge in [0.15, 0.2) is 0 Å². The molecule has 1 aliphatic heterocycles. The van der Waals surface area contributed by atoms with E-state index in [2.05, 4.69) is 15.3 Å². The molecule has 1 aromatic heterocycles. The molecule has 1 aliphatic rings. The van der Waals surface area contributed by atoms with Crippen molar-refractivity contribution in [2.75, 3.05) is 5.32 Å². The summed E-state index contributed by atoms with van der Waals surface area (Å²) in [7, 11) is 0. The smallest absolute Gasteiger partial charge is 0.230 e. The number of carbonyl (C=O) groups is 1. The van der Waals surface area contributed by atoms with Crippen LogP contribution in [0.2, 0.25) is 0 Å². The minimum atomic E-state index is 0.0141. The molecule has 2 rings (SSSR count). The molecule has 2 heterocycles. The van der Waals surface area contributed by atoms with Crippen molar-refractivity contribution in [3.63, 3.8) is 0 Å². The number of fused-ring (bicyclic) bond motifs is 1. The van der Waals surface area contributed by atoms with E-state index in [1.54, 1.807) is 0 Å². The van der Waals surface area contributed by atoms with Gasteiger partial charge in [-0.3, -0.25) is 4.79 Å². The molecule has 1 amide bonds. The zero-order valence-corrected chi connectivity index (χ0v) is 8.79. The third-order valence-corrected chi connectivity index (χ3v) is 1.96. The number of nitrogens with zero attached hydrogens (tertiary/aromatic N) is 2. The first-order valence-corrected chi connectivity index (χ1v) is 4.94. The van der Waals surface area contributed by atoms with Crippen molar-refractivity contribution in [2.24, 2.45) is 0 Å². The van der Waals surface area contributed by atoms with E-state index in [1.165, 1.54) is 6.33 Å². The Hall–Kier alpha value is -1.45. The first kappa shape index (κ1) is 10.6. The van der Waals surface area contributed by atoms with Crippen LogP contribution in [0, 0.1) is 0 Å². The van der Waals surface area contributed by atoms with Crippen molar-refractivity contribution in [1.29, 1.82) is 0 Å². The number of rotatable bonds is 1. The lowest BCUT2D eigenvalue weighted by Gasteiger charge is -2.00. The molecule has 4 heteroatoms. The fourth-order valence-corrected chi connectivity index (χ4v) is 1.38. The summed E-state index contributed by atoms with van der Waals surface area (Å²) < 4.78 is 0. The SMILES string of the molecule is CC.CCc1ncnc2c1CC(=O)N2. The van der Waals surface area contributed by atoms with Gasteiger partial charge in [0.1, 0.15) is 12.1 Å². The van der Waals surface area contributed by atoms with Gasteiger partial charge in [0, 0.05) is 11.3 Å². The molecule has 0 spiro atoms. The van der Waals surface area contributed by atoms with Gasteiger partial charge in [-0.05, 0) is 6.42 Å². The van der Waals surface area contributed by atoms with Crippen molar-refractivity contribution in [2.45, 2.75) is 33.6 Å². The molecular weight excluding hydrogens is 178 g/mol. The number of hydrogen-bond donors (Lipinski definition) is 1.